The van der Waals surface area contributed by atoms with Gasteiger partial charge in [0.1, 0.15) is 0 Å². The highest BCUT2D eigenvalue weighted by Gasteiger charge is 2.12. The molecule has 0 saturated heterocycles. The first-order chi connectivity index (χ1) is 8.89. The molecule has 0 aromatic heterocycles. The van der Waals surface area contributed by atoms with Crippen molar-refractivity contribution in [2.75, 3.05) is 13.7 Å². The summed E-state index contributed by atoms with van der Waals surface area (Å²) in [6, 6.07) is 4.29. The third-order valence-electron chi connectivity index (χ3n) is 2.17. The highest BCUT2D eigenvalue weighted by Crippen LogP contribution is 2.19. The van der Waals surface area contributed by atoms with E-state index in [1.807, 2.05) is 0 Å². The molecule has 0 radical (unpaired) electrons. The van der Waals surface area contributed by atoms with Crippen LogP contribution in [-0.2, 0) is 19.6 Å². The van der Waals surface area contributed by atoms with Gasteiger partial charge in [-0.25, -0.2) is 17.9 Å². The summed E-state index contributed by atoms with van der Waals surface area (Å²) in [7, 11) is -2.27. The molecule has 1 N–H and O–H groups in total. The van der Waals surface area contributed by atoms with E-state index in [2.05, 4.69) is 4.72 Å². The summed E-state index contributed by atoms with van der Waals surface area (Å²) in [6.07, 6.45) is 2.66. The second kappa shape index (κ2) is 6.70. The summed E-state index contributed by atoms with van der Waals surface area (Å²) in [6.45, 7) is 1.97. The van der Waals surface area contributed by atoms with Gasteiger partial charge in [0.2, 0.25) is 10.0 Å². The van der Waals surface area contributed by atoms with E-state index < -0.39 is 16.0 Å². The average Bonchev–Trinajstić information content (AvgIpc) is 2.36. The van der Waals surface area contributed by atoms with Crippen molar-refractivity contribution < 1.29 is 17.9 Å². The molecule has 0 aliphatic rings. The predicted octanol–water partition coefficient (Wildman–Crippen LogP) is 1.82. The summed E-state index contributed by atoms with van der Waals surface area (Å²) in [5.74, 6) is -0.500. The van der Waals surface area contributed by atoms with Crippen LogP contribution < -0.4 is 4.72 Å². The van der Waals surface area contributed by atoms with Gasteiger partial charge in [0.25, 0.3) is 0 Å². The minimum Gasteiger partial charge on any atom is -0.463 e. The Labute approximate surface area is 117 Å². The number of carbonyl (C=O) groups excluding carboxylic acids is 1. The fraction of sp³-hybridized carbons (Fsp3) is 0.250. The Morgan fingerprint density at radius 2 is 2.11 bits per heavy atom. The Balaban J connectivity index is 3.08. The van der Waals surface area contributed by atoms with Crippen LogP contribution in [0.3, 0.4) is 0 Å². The van der Waals surface area contributed by atoms with E-state index in [1.165, 1.54) is 31.3 Å². The van der Waals surface area contributed by atoms with Gasteiger partial charge in [-0.1, -0.05) is 11.6 Å². The summed E-state index contributed by atoms with van der Waals surface area (Å²) in [4.78, 5) is 11.2. The first-order valence-corrected chi connectivity index (χ1v) is 7.34. The van der Waals surface area contributed by atoms with Crippen molar-refractivity contribution in [3.8, 4) is 0 Å². The van der Waals surface area contributed by atoms with Crippen molar-refractivity contribution in [2.45, 2.75) is 11.8 Å². The fourth-order valence-electron chi connectivity index (χ4n) is 1.31. The van der Waals surface area contributed by atoms with Crippen LogP contribution in [0.4, 0.5) is 0 Å². The van der Waals surface area contributed by atoms with Gasteiger partial charge < -0.3 is 4.74 Å². The zero-order chi connectivity index (χ0) is 14.5. The molecule has 0 spiro atoms. The third-order valence-corrected chi connectivity index (χ3v) is 3.78. The van der Waals surface area contributed by atoms with Crippen LogP contribution >= 0.6 is 11.6 Å². The first-order valence-electron chi connectivity index (χ1n) is 5.48. The lowest BCUT2D eigenvalue weighted by molar-refractivity contribution is -0.137. The largest absolute Gasteiger partial charge is 0.463 e. The molecule has 0 fully saturated rings. The quantitative estimate of drug-likeness (QED) is 0.665. The molecular weight excluding hydrogens is 290 g/mol. The van der Waals surface area contributed by atoms with E-state index in [0.29, 0.717) is 5.56 Å². The molecule has 0 saturated carbocycles. The maximum Gasteiger partial charge on any atom is 0.330 e. The van der Waals surface area contributed by atoms with Crippen LogP contribution in [0.15, 0.2) is 29.2 Å². The molecule has 0 heterocycles. The average molecular weight is 304 g/mol. The molecule has 0 unspecified atom stereocenters. The molecule has 0 atom stereocenters. The highest BCUT2D eigenvalue weighted by atomic mass is 35.5. The number of hydrogen-bond donors (Lipinski definition) is 1. The van der Waals surface area contributed by atoms with Crippen molar-refractivity contribution >= 4 is 33.7 Å². The molecular formula is C12H14ClNO4S. The van der Waals surface area contributed by atoms with Crippen molar-refractivity contribution in [3.63, 3.8) is 0 Å². The van der Waals surface area contributed by atoms with Crippen LogP contribution in [-0.4, -0.2) is 28.0 Å². The van der Waals surface area contributed by atoms with Crippen molar-refractivity contribution in [2.24, 2.45) is 0 Å². The van der Waals surface area contributed by atoms with E-state index >= 15 is 0 Å². The molecule has 1 aromatic rings. The Morgan fingerprint density at radius 1 is 1.42 bits per heavy atom. The number of ether oxygens (including phenoxy) is 1. The third kappa shape index (κ3) is 4.66. The Kier molecular flexibility index (Phi) is 5.53. The van der Waals surface area contributed by atoms with E-state index in [4.69, 9.17) is 16.3 Å². The molecule has 104 valence electrons. The summed E-state index contributed by atoms with van der Waals surface area (Å²) >= 11 is 5.85. The molecule has 1 aromatic carbocycles. The number of sulfonamides is 1. The molecule has 19 heavy (non-hydrogen) atoms. The van der Waals surface area contributed by atoms with E-state index in [9.17, 15) is 13.2 Å². The minimum absolute atomic E-state index is 0.0333. The summed E-state index contributed by atoms with van der Waals surface area (Å²) in [5, 5.41) is 0.264. The van der Waals surface area contributed by atoms with Crippen molar-refractivity contribution in [1.29, 1.82) is 0 Å². The lowest BCUT2D eigenvalue weighted by Gasteiger charge is -2.04. The maximum absolute atomic E-state index is 11.7. The Morgan fingerprint density at radius 3 is 2.68 bits per heavy atom. The lowest BCUT2D eigenvalue weighted by Crippen LogP contribution is -2.18. The monoisotopic (exact) mass is 303 g/mol. The minimum atomic E-state index is -3.58. The van der Waals surface area contributed by atoms with Crippen LogP contribution in [0.2, 0.25) is 5.02 Å². The predicted molar refractivity (Wildman–Crippen MR) is 73.4 cm³/mol. The normalized spacial score (nSPS) is 11.7. The van der Waals surface area contributed by atoms with Gasteiger partial charge >= 0.3 is 5.97 Å². The molecule has 5 nitrogen and oxygen atoms in total. The Bertz CT molecular complexity index is 596. The maximum atomic E-state index is 11.7. The van der Waals surface area contributed by atoms with Crippen LogP contribution in [0.5, 0.6) is 0 Å². The van der Waals surface area contributed by atoms with Gasteiger partial charge in [0.05, 0.1) is 11.5 Å². The number of nitrogens with one attached hydrogen (secondary N) is 1. The standard InChI is InChI=1S/C12H14ClNO4S/c1-3-18-12(15)5-4-9-6-10(13)8-11(7-9)19(16,17)14-2/h4-8,14H,3H2,1-2H3. The van der Waals surface area contributed by atoms with Crippen molar-refractivity contribution in [3.05, 3.63) is 34.9 Å². The van der Waals surface area contributed by atoms with Crippen LogP contribution in [0, 0.1) is 0 Å². The van der Waals surface area contributed by atoms with Gasteiger partial charge in [-0.2, -0.15) is 0 Å². The zero-order valence-corrected chi connectivity index (χ0v) is 12.1. The smallest absolute Gasteiger partial charge is 0.330 e. The number of esters is 1. The number of carbonyl (C=O) groups is 1. The second-order valence-corrected chi connectivity index (χ2v) is 5.84. The second-order valence-electron chi connectivity index (χ2n) is 3.51. The van der Waals surface area contributed by atoms with Gasteiger partial charge in [-0.05, 0) is 43.8 Å². The first kappa shape index (κ1) is 15.7. The van der Waals surface area contributed by atoms with Crippen molar-refractivity contribution in [1.82, 2.24) is 4.72 Å². The van der Waals surface area contributed by atoms with Crippen LogP contribution in [0.25, 0.3) is 6.08 Å². The summed E-state index contributed by atoms with van der Waals surface area (Å²) < 4.78 is 30.2. The molecule has 0 aliphatic heterocycles. The number of rotatable bonds is 5. The molecule has 7 heteroatoms. The highest BCUT2D eigenvalue weighted by molar-refractivity contribution is 7.89. The van der Waals surface area contributed by atoms with E-state index in [-0.39, 0.29) is 16.5 Å². The molecule has 1 rings (SSSR count). The number of hydrogen-bond acceptors (Lipinski definition) is 4. The Hall–Kier alpha value is -1.37. The molecule has 0 amide bonds. The fourth-order valence-corrected chi connectivity index (χ4v) is 2.43. The van der Waals surface area contributed by atoms with Gasteiger partial charge in [0, 0.05) is 11.1 Å². The van der Waals surface area contributed by atoms with Gasteiger partial charge in [-0.3, -0.25) is 0 Å². The molecule has 0 bridgehead atoms. The lowest BCUT2D eigenvalue weighted by atomic mass is 10.2. The van der Waals surface area contributed by atoms with Gasteiger partial charge in [0.15, 0.2) is 0 Å². The zero-order valence-electron chi connectivity index (χ0n) is 10.5. The topological polar surface area (TPSA) is 72.5 Å². The number of benzene rings is 1. The van der Waals surface area contributed by atoms with Crippen LogP contribution in [0.1, 0.15) is 12.5 Å². The van der Waals surface area contributed by atoms with E-state index in [0.717, 1.165) is 0 Å². The van der Waals surface area contributed by atoms with E-state index in [1.54, 1.807) is 13.0 Å². The summed E-state index contributed by atoms with van der Waals surface area (Å²) in [5.41, 5.74) is 0.495. The molecule has 0 aliphatic carbocycles. The number of halogens is 1. The SMILES string of the molecule is CCOC(=O)C=Cc1cc(Cl)cc(S(=O)(=O)NC)c1. The van der Waals surface area contributed by atoms with Gasteiger partial charge in [-0.15, -0.1) is 0 Å².